The Morgan fingerprint density at radius 1 is 1.39 bits per heavy atom. The number of halogens is 3. The molecule has 1 atom stereocenters. The van der Waals surface area contributed by atoms with Gasteiger partial charge in [0.1, 0.15) is 0 Å². The Bertz CT molecular complexity index is 456. The lowest BCUT2D eigenvalue weighted by molar-refractivity contribution is -0.137. The number of rotatable bonds is 2. The molecular weight excluding hydrogens is 243 g/mol. The van der Waals surface area contributed by atoms with Gasteiger partial charge >= 0.3 is 6.18 Å². The molecule has 0 N–H and O–H groups in total. The summed E-state index contributed by atoms with van der Waals surface area (Å²) in [6, 6.07) is 4.15. The van der Waals surface area contributed by atoms with Gasteiger partial charge in [-0.1, -0.05) is 0 Å². The summed E-state index contributed by atoms with van der Waals surface area (Å²) in [5.41, 5.74) is -0.620. The molecule has 0 bridgehead atoms. The third kappa shape index (κ3) is 2.35. The molecule has 98 valence electrons. The van der Waals surface area contributed by atoms with Crippen molar-refractivity contribution in [1.29, 1.82) is 0 Å². The predicted octanol–water partition coefficient (Wildman–Crippen LogP) is 3.51. The lowest BCUT2D eigenvalue weighted by atomic mass is 10.1. The van der Waals surface area contributed by atoms with Crippen molar-refractivity contribution < 1.29 is 18.0 Å². The molecule has 1 heterocycles. The van der Waals surface area contributed by atoms with Gasteiger partial charge in [-0.3, -0.25) is 4.79 Å². The van der Waals surface area contributed by atoms with Gasteiger partial charge in [-0.2, -0.15) is 13.2 Å². The van der Waals surface area contributed by atoms with Crippen LogP contribution in [0.1, 0.15) is 35.7 Å². The summed E-state index contributed by atoms with van der Waals surface area (Å²) < 4.78 is 38.5. The molecule has 1 saturated heterocycles. The molecule has 1 aromatic carbocycles. The maximum atomic E-state index is 12.8. The highest BCUT2D eigenvalue weighted by Gasteiger charge is 2.34. The van der Waals surface area contributed by atoms with Gasteiger partial charge in [0, 0.05) is 23.8 Å². The van der Waals surface area contributed by atoms with E-state index >= 15 is 0 Å². The van der Waals surface area contributed by atoms with Crippen LogP contribution in [0.5, 0.6) is 0 Å². The van der Waals surface area contributed by atoms with Crippen molar-refractivity contribution >= 4 is 12.0 Å². The van der Waals surface area contributed by atoms with Crippen molar-refractivity contribution in [1.82, 2.24) is 0 Å². The number of nitrogens with zero attached hydrogens (tertiary/aromatic N) is 1. The average Bonchev–Trinajstić information content (AvgIpc) is 2.73. The van der Waals surface area contributed by atoms with Crippen LogP contribution in [-0.2, 0) is 6.18 Å². The maximum absolute atomic E-state index is 12.8. The van der Waals surface area contributed by atoms with Crippen LogP contribution in [0, 0.1) is 0 Å². The molecule has 2 rings (SSSR count). The van der Waals surface area contributed by atoms with Crippen LogP contribution in [0.2, 0.25) is 0 Å². The lowest BCUT2D eigenvalue weighted by Gasteiger charge is -2.25. The van der Waals surface area contributed by atoms with E-state index in [-0.39, 0.29) is 17.9 Å². The van der Waals surface area contributed by atoms with E-state index in [0.717, 1.165) is 25.5 Å². The maximum Gasteiger partial charge on any atom is 0.417 e. The molecule has 0 spiro atoms. The second-order valence-corrected chi connectivity index (χ2v) is 4.57. The number of benzene rings is 1. The molecule has 0 aromatic heterocycles. The molecule has 1 aliphatic rings. The molecule has 0 aliphatic carbocycles. The molecule has 0 radical (unpaired) electrons. The number of anilines is 1. The van der Waals surface area contributed by atoms with Crippen LogP contribution in [0.25, 0.3) is 0 Å². The van der Waals surface area contributed by atoms with Crippen LogP contribution < -0.4 is 4.90 Å². The zero-order chi connectivity index (χ0) is 13.3. The highest BCUT2D eigenvalue weighted by Crippen LogP contribution is 2.35. The molecule has 1 aliphatic heterocycles. The largest absolute Gasteiger partial charge is 0.417 e. The summed E-state index contributed by atoms with van der Waals surface area (Å²) >= 11 is 0. The van der Waals surface area contributed by atoms with Gasteiger partial charge in [-0.25, -0.2) is 0 Å². The molecule has 1 unspecified atom stereocenters. The first-order valence-electron chi connectivity index (χ1n) is 5.86. The number of carbonyl (C=O) groups excluding carboxylic acids is 1. The number of carbonyl (C=O) groups is 1. The van der Waals surface area contributed by atoms with Gasteiger partial charge in [-0.15, -0.1) is 0 Å². The molecule has 0 amide bonds. The third-order valence-electron chi connectivity index (χ3n) is 3.35. The van der Waals surface area contributed by atoms with E-state index in [1.54, 1.807) is 6.07 Å². The Balaban J connectivity index is 2.42. The van der Waals surface area contributed by atoms with E-state index in [2.05, 4.69) is 0 Å². The van der Waals surface area contributed by atoms with Gasteiger partial charge in [-0.05, 0) is 38.0 Å². The Morgan fingerprint density at radius 2 is 2.11 bits per heavy atom. The minimum Gasteiger partial charge on any atom is -0.369 e. The quantitative estimate of drug-likeness (QED) is 0.756. The van der Waals surface area contributed by atoms with Crippen molar-refractivity contribution in [3.05, 3.63) is 29.3 Å². The molecule has 1 fully saturated rings. The zero-order valence-corrected chi connectivity index (χ0v) is 10.00. The van der Waals surface area contributed by atoms with Crippen LogP contribution in [0.4, 0.5) is 18.9 Å². The fourth-order valence-electron chi connectivity index (χ4n) is 2.39. The first-order valence-corrected chi connectivity index (χ1v) is 5.86. The van der Waals surface area contributed by atoms with Crippen LogP contribution in [0.15, 0.2) is 18.2 Å². The highest BCUT2D eigenvalue weighted by molar-refractivity contribution is 5.79. The molecule has 2 nitrogen and oxygen atoms in total. The van der Waals surface area contributed by atoms with Crippen molar-refractivity contribution in [3.63, 3.8) is 0 Å². The van der Waals surface area contributed by atoms with Gasteiger partial charge in [0.25, 0.3) is 0 Å². The molecule has 5 heteroatoms. The van der Waals surface area contributed by atoms with Gasteiger partial charge < -0.3 is 4.90 Å². The van der Waals surface area contributed by atoms with E-state index in [0.29, 0.717) is 5.69 Å². The number of alkyl halides is 3. The number of aldehydes is 1. The summed E-state index contributed by atoms with van der Waals surface area (Å²) in [7, 11) is 0. The predicted molar refractivity (Wildman–Crippen MR) is 62.9 cm³/mol. The van der Waals surface area contributed by atoms with E-state index in [4.69, 9.17) is 0 Å². The molecule has 18 heavy (non-hydrogen) atoms. The average molecular weight is 257 g/mol. The fraction of sp³-hybridized carbons (Fsp3) is 0.462. The van der Waals surface area contributed by atoms with Crippen LogP contribution in [0.3, 0.4) is 0 Å². The van der Waals surface area contributed by atoms with Gasteiger partial charge in [0.2, 0.25) is 0 Å². The SMILES string of the molecule is CC1CCCN1c1ccc(C=O)c(C(F)(F)F)c1. The van der Waals surface area contributed by atoms with E-state index in [1.807, 2.05) is 11.8 Å². The van der Waals surface area contributed by atoms with Crippen molar-refractivity contribution in [2.75, 3.05) is 11.4 Å². The normalized spacial score (nSPS) is 20.2. The minimum atomic E-state index is -4.49. The molecular formula is C13H14F3NO. The zero-order valence-electron chi connectivity index (χ0n) is 10.00. The van der Waals surface area contributed by atoms with Crippen LogP contribution in [-0.4, -0.2) is 18.9 Å². The Kier molecular flexibility index (Phi) is 3.32. The Hall–Kier alpha value is -1.52. The summed E-state index contributed by atoms with van der Waals surface area (Å²) in [4.78, 5) is 12.6. The van der Waals surface area contributed by atoms with Gasteiger partial charge in [0.05, 0.1) is 5.56 Å². The van der Waals surface area contributed by atoms with E-state index < -0.39 is 11.7 Å². The van der Waals surface area contributed by atoms with Crippen LogP contribution >= 0.6 is 0 Å². The Labute approximate surface area is 103 Å². The summed E-state index contributed by atoms with van der Waals surface area (Å²) in [5.74, 6) is 0. The summed E-state index contributed by atoms with van der Waals surface area (Å²) in [6.45, 7) is 2.76. The van der Waals surface area contributed by atoms with E-state index in [1.165, 1.54) is 6.07 Å². The van der Waals surface area contributed by atoms with Crippen molar-refractivity contribution in [2.24, 2.45) is 0 Å². The monoisotopic (exact) mass is 257 g/mol. The highest BCUT2D eigenvalue weighted by atomic mass is 19.4. The molecule has 1 aromatic rings. The smallest absolute Gasteiger partial charge is 0.369 e. The fourth-order valence-corrected chi connectivity index (χ4v) is 2.39. The topological polar surface area (TPSA) is 20.3 Å². The first kappa shape index (κ1) is 12.9. The second-order valence-electron chi connectivity index (χ2n) is 4.57. The number of hydrogen-bond acceptors (Lipinski definition) is 2. The van der Waals surface area contributed by atoms with E-state index in [9.17, 15) is 18.0 Å². The summed E-state index contributed by atoms with van der Waals surface area (Å²) in [5, 5.41) is 0. The Morgan fingerprint density at radius 3 is 2.61 bits per heavy atom. The van der Waals surface area contributed by atoms with Crippen molar-refractivity contribution in [3.8, 4) is 0 Å². The van der Waals surface area contributed by atoms with Gasteiger partial charge in [0.15, 0.2) is 6.29 Å². The lowest BCUT2D eigenvalue weighted by Crippen LogP contribution is -2.26. The number of hydrogen-bond donors (Lipinski definition) is 0. The molecule has 0 saturated carbocycles. The standard InChI is InChI=1S/C13H14F3NO/c1-9-3-2-6-17(9)11-5-4-10(8-18)12(7-11)13(14,15)16/h4-5,7-9H,2-3,6H2,1H3. The summed E-state index contributed by atoms with van der Waals surface area (Å²) in [6.07, 6.45) is -2.27. The third-order valence-corrected chi connectivity index (χ3v) is 3.35. The first-order chi connectivity index (χ1) is 8.43. The second kappa shape index (κ2) is 4.63. The minimum absolute atomic E-state index is 0.244. The van der Waals surface area contributed by atoms with Crippen molar-refractivity contribution in [2.45, 2.75) is 32.0 Å².